The van der Waals surface area contributed by atoms with Gasteiger partial charge in [-0.15, -0.1) is 0 Å². The van der Waals surface area contributed by atoms with Crippen LogP contribution in [-0.2, 0) is 5.41 Å². The summed E-state index contributed by atoms with van der Waals surface area (Å²) in [6, 6.07) is 7.33. The van der Waals surface area contributed by atoms with Gasteiger partial charge in [0.1, 0.15) is 5.75 Å². The van der Waals surface area contributed by atoms with Gasteiger partial charge >= 0.3 is 0 Å². The molecule has 4 rings (SSSR count). The first-order valence-corrected chi connectivity index (χ1v) is 7.82. The predicted molar refractivity (Wildman–Crippen MR) is 86.7 cm³/mol. The van der Waals surface area contributed by atoms with E-state index in [1.54, 1.807) is 6.07 Å². The molecule has 1 fully saturated rings. The van der Waals surface area contributed by atoms with Crippen molar-refractivity contribution >= 4 is 5.95 Å². The monoisotopic (exact) mass is 295 g/mol. The number of nitrogen functional groups attached to an aromatic ring is 1. The summed E-state index contributed by atoms with van der Waals surface area (Å²) >= 11 is 0. The minimum atomic E-state index is 0.0310. The fraction of sp³-hybridized carbons (Fsp3) is 0.444. The van der Waals surface area contributed by atoms with Gasteiger partial charge in [-0.3, -0.25) is 0 Å². The summed E-state index contributed by atoms with van der Waals surface area (Å²) in [6.45, 7) is 6.92. The lowest BCUT2D eigenvalue weighted by atomic mass is 9.70. The first kappa shape index (κ1) is 13.6. The van der Waals surface area contributed by atoms with Crippen molar-refractivity contribution in [2.24, 2.45) is 5.41 Å². The van der Waals surface area contributed by atoms with Crippen LogP contribution in [-0.4, -0.2) is 15.1 Å². The van der Waals surface area contributed by atoms with Gasteiger partial charge in [0.15, 0.2) is 0 Å². The van der Waals surface area contributed by atoms with Crippen LogP contribution in [0.4, 0.5) is 5.95 Å². The average Bonchev–Trinajstić information content (AvgIpc) is 2.79. The molecule has 0 radical (unpaired) electrons. The minimum Gasteiger partial charge on any atom is -0.507 e. The molecule has 114 valence electrons. The molecule has 2 bridgehead atoms. The zero-order valence-electron chi connectivity index (χ0n) is 13.2. The summed E-state index contributed by atoms with van der Waals surface area (Å²) in [6.07, 6.45) is 2.28. The second-order valence-electron chi connectivity index (χ2n) is 7.35. The van der Waals surface area contributed by atoms with Gasteiger partial charge in [0.25, 0.3) is 0 Å². The van der Waals surface area contributed by atoms with Gasteiger partial charge in [-0.1, -0.05) is 32.9 Å². The standard InChI is InChI=1S/C18H21N3O/c1-17(2)11-8-9-18(17,3)15-13(11)14(20-16(19)21-15)10-6-4-5-7-12(10)22/h4-7,11,22H,8-9H2,1-3H3,(H2,19,20,21). The number of rotatable bonds is 1. The molecule has 1 saturated carbocycles. The van der Waals surface area contributed by atoms with E-state index in [1.807, 2.05) is 18.2 Å². The fourth-order valence-electron chi connectivity index (χ4n) is 4.55. The van der Waals surface area contributed by atoms with Crippen molar-refractivity contribution < 1.29 is 5.11 Å². The van der Waals surface area contributed by atoms with Crippen molar-refractivity contribution in [1.82, 2.24) is 9.97 Å². The fourth-order valence-corrected chi connectivity index (χ4v) is 4.55. The first-order valence-electron chi connectivity index (χ1n) is 7.82. The van der Waals surface area contributed by atoms with Crippen LogP contribution in [0.15, 0.2) is 24.3 Å². The lowest BCUT2D eigenvalue weighted by Crippen LogP contribution is -2.32. The highest BCUT2D eigenvalue weighted by molar-refractivity contribution is 5.74. The number of aromatic hydroxyl groups is 1. The molecule has 0 saturated heterocycles. The van der Waals surface area contributed by atoms with Crippen LogP contribution < -0.4 is 5.73 Å². The van der Waals surface area contributed by atoms with Crippen LogP contribution in [0.5, 0.6) is 5.75 Å². The molecule has 2 aromatic rings. The predicted octanol–water partition coefficient (Wildman–Crippen LogP) is 3.61. The quantitative estimate of drug-likeness (QED) is 0.843. The first-order chi connectivity index (χ1) is 10.4. The molecule has 1 aromatic heterocycles. The second-order valence-corrected chi connectivity index (χ2v) is 7.35. The van der Waals surface area contributed by atoms with E-state index in [9.17, 15) is 5.11 Å². The van der Waals surface area contributed by atoms with Crippen LogP contribution in [0.2, 0.25) is 0 Å². The third-order valence-corrected chi connectivity index (χ3v) is 6.22. The van der Waals surface area contributed by atoms with Crippen LogP contribution >= 0.6 is 0 Å². The van der Waals surface area contributed by atoms with Crippen molar-refractivity contribution in [2.75, 3.05) is 5.73 Å². The van der Waals surface area contributed by atoms with Gasteiger partial charge in [-0.05, 0) is 36.3 Å². The molecule has 3 N–H and O–H groups in total. The summed E-state index contributed by atoms with van der Waals surface area (Å²) in [7, 11) is 0. The maximum absolute atomic E-state index is 10.2. The van der Waals surface area contributed by atoms with Crippen molar-refractivity contribution in [3.05, 3.63) is 35.5 Å². The number of hydrogen-bond acceptors (Lipinski definition) is 4. The molecule has 2 unspecified atom stereocenters. The molecular formula is C18H21N3O. The SMILES string of the molecule is CC12CCC(c3c(-c4ccccc4O)nc(N)nc31)C2(C)C. The zero-order chi connectivity index (χ0) is 15.7. The van der Waals surface area contributed by atoms with E-state index in [-0.39, 0.29) is 16.6 Å². The van der Waals surface area contributed by atoms with E-state index in [0.717, 1.165) is 29.8 Å². The topological polar surface area (TPSA) is 72.0 Å². The highest BCUT2D eigenvalue weighted by atomic mass is 16.3. The number of para-hydroxylation sites is 1. The highest BCUT2D eigenvalue weighted by Gasteiger charge is 2.61. The van der Waals surface area contributed by atoms with E-state index in [2.05, 4.69) is 30.7 Å². The maximum atomic E-state index is 10.2. The molecule has 2 aliphatic carbocycles. The zero-order valence-corrected chi connectivity index (χ0v) is 13.2. The maximum Gasteiger partial charge on any atom is 0.220 e. The number of benzene rings is 1. The van der Waals surface area contributed by atoms with Gasteiger partial charge in [0.2, 0.25) is 5.95 Å². The smallest absolute Gasteiger partial charge is 0.220 e. The van der Waals surface area contributed by atoms with Gasteiger partial charge in [-0.2, -0.15) is 0 Å². The van der Waals surface area contributed by atoms with E-state index in [4.69, 9.17) is 5.73 Å². The number of hydrogen-bond donors (Lipinski definition) is 2. The Kier molecular flexibility index (Phi) is 2.47. The van der Waals surface area contributed by atoms with Crippen LogP contribution in [0.3, 0.4) is 0 Å². The lowest BCUT2D eigenvalue weighted by Gasteiger charge is -2.34. The summed E-state index contributed by atoms with van der Waals surface area (Å²) in [4.78, 5) is 9.10. The Bertz CT molecular complexity index is 784. The number of phenolic OH excluding ortho intramolecular Hbond substituents is 1. The third-order valence-electron chi connectivity index (χ3n) is 6.22. The summed E-state index contributed by atoms with van der Waals surface area (Å²) in [5.41, 5.74) is 9.99. The molecule has 2 atom stereocenters. The summed E-state index contributed by atoms with van der Waals surface area (Å²) in [5, 5.41) is 10.2. The molecule has 1 heterocycles. The van der Waals surface area contributed by atoms with E-state index >= 15 is 0 Å². The largest absolute Gasteiger partial charge is 0.507 e. The summed E-state index contributed by atoms with van der Waals surface area (Å²) < 4.78 is 0. The Labute approximate surface area is 130 Å². The molecule has 4 nitrogen and oxygen atoms in total. The molecule has 0 aliphatic heterocycles. The Morgan fingerprint density at radius 1 is 1.18 bits per heavy atom. The highest BCUT2D eigenvalue weighted by Crippen LogP contribution is 2.68. The molecular weight excluding hydrogens is 274 g/mol. The van der Waals surface area contributed by atoms with Crippen LogP contribution in [0, 0.1) is 5.41 Å². The Morgan fingerprint density at radius 2 is 1.91 bits per heavy atom. The molecule has 0 amide bonds. The molecule has 22 heavy (non-hydrogen) atoms. The molecule has 2 aliphatic rings. The van der Waals surface area contributed by atoms with Crippen LogP contribution in [0.25, 0.3) is 11.3 Å². The molecule has 1 aromatic carbocycles. The van der Waals surface area contributed by atoms with Crippen molar-refractivity contribution in [1.29, 1.82) is 0 Å². The number of anilines is 1. The number of fused-ring (bicyclic) bond motifs is 5. The van der Waals surface area contributed by atoms with Crippen LogP contribution in [0.1, 0.15) is 50.8 Å². The van der Waals surface area contributed by atoms with Crippen molar-refractivity contribution in [3.8, 4) is 17.0 Å². The summed E-state index contributed by atoms with van der Waals surface area (Å²) in [5.74, 6) is 0.956. The Hall–Kier alpha value is -2.10. The minimum absolute atomic E-state index is 0.0310. The number of nitrogens with two attached hydrogens (primary N) is 1. The van der Waals surface area contributed by atoms with E-state index < -0.39 is 0 Å². The van der Waals surface area contributed by atoms with Gasteiger partial charge in [-0.25, -0.2) is 9.97 Å². The van der Waals surface area contributed by atoms with Crippen molar-refractivity contribution in [2.45, 2.75) is 44.9 Å². The molecule has 4 heteroatoms. The lowest BCUT2D eigenvalue weighted by molar-refractivity contribution is 0.227. The number of aromatic nitrogens is 2. The van der Waals surface area contributed by atoms with Crippen molar-refractivity contribution in [3.63, 3.8) is 0 Å². The van der Waals surface area contributed by atoms with E-state index in [0.29, 0.717) is 11.9 Å². The van der Waals surface area contributed by atoms with Gasteiger partial charge < -0.3 is 10.8 Å². The van der Waals surface area contributed by atoms with Gasteiger partial charge in [0.05, 0.1) is 11.4 Å². The molecule has 0 spiro atoms. The third kappa shape index (κ3) is 1.42. The average molecular weight is 295 g/mol. The second kappa shape index (κ2) is 4.00. The number of phenols is 1. The Morgan fingerprint density at radius 3 is 2.64 bits per heavy atom. The Balaban J connectivity index is 2.05. The van der Waals surface area contributed by atoms with Gasteiger partial charge in [0, 0.05) is 16.5 Å². The number of nitrogens with zero attached hydrogens (tertiary/aromatic N) is 2. The normalized spacial score (nSPS) is 27.9. The van der Waals surface area contributed by atoms with E-state index in [1.165, 1.54) is 5.56 Å².